The number of fused-ring (bicyclic) bond motifs is 4. The molecule has 0 aromatic heterocycles. The Kier molecular flexibility index (Phi) is 7.17. The molecule has 6 rings (SSSR count). The van der Waals surface area contributed by atoms with Crippen molar-refractivity contribution in [2.45, 2.75) is 62.7 Å². The maximum absolute atomic E-state index is 13.2. The van der Waals surface area contributed by atoms with E-state index in [2.05, 4.69) is 41.7 Å². The van der Waals surface area contributed by atoms with Crippen LogP contribution in [0.1, 0.15) is 61.0 Å². The van der Waals surface area contributed by atoms with Gasteiger partial charge in [0.2, 0.25) is 0 Å². The van der Waals surface area contributed by atoms with Crippen LogP contribution in [0.5, 0.6) is 5.75 Å². The Labute approximate surface area is 235 Å². The van der Waals surface area contributed by atoms with Crippen molar-refractivity contribution in [3.63, 3.8) is 0 Å². The summed E-state index contributed by atoms with van der Waals surface area (Å²) in [4.78, 5) is 15.6. The van der Waals surface area contributed by atoms with Crippen molar-refractivity contribution >= 4 is 35.1 Å². The minimum Gasteiger partial charge on any atom is -0.490 e. The Morgan fingerprint density at radius 3 is 2.87 bits per heavy atom. The van der Waals surface area contributed by atoms with Gasteiger partial charge in [0.15, 0.2) is 0 Å². The van der Waals surface area contributed by atoms with E-state index in [9.17, 15) is 9.90 Å². The van der Waals surface area contributed by atoms with Crippen LogP contribution in [0.3, 0.4) is 0 Å². The lowest BCUT2D eigenvalue weighted by Gasteiger charge is -2.43. The van der Waals surface area contributed by atoms with Gasteiger partial charge < -0.3 is 14.7 Å². The molecule has 4 aliphatic rings. The molecule has 2 aromatic rings. The fraction of sp³-hybridized carbons (Fsp3) is 0.516. The van der Waals surface area contributed by atoms with Crippen LogP contribution in [-0.2, 0) is 11.8 Å². The second kappa shape index (κ2) is 10.4. The number of nitrogens with one attached hydrogen (secondary N) is 1. The topological polar surface area (TPSA) is 61.8 Å². The minimum atomic E-state index is -0.422. The Morgan fingerprint density at radius 1 is 1.18 bits per heavy atom. The predicted octanol–water partition coefficient (Wildman–Crippen LogP) is 6.17. The first kappa shape index (κ1) is 26.1. The number of benzene rings is 2. The maximum atomic E-state index is 13.2. The number of hydrogen-bond donors (Lipinski definition) is 2. The number of amides is 1. The SMILES string of the molecule is CC1C/C=C/C(O)C2CC[C@H]2CN2CC3(CCc4cc(Cl)ccc43)COc3ccc(cc32)C(=O)NSC1C. The molecule has 1 saturated carbocycles. The van der Waals surface area contributed by atoms with Gasteiger partial charge in [-0.25, -0.2) is 0 Å². The van der Waals surface area contributed by atoms with Crippen molar-refractivity contribution in [2.24, 2.45) is 17.8 Å². The standard InChI is InChI=1S/C31H37ClN2O3S/c1-19-4-3-5-28(35)25-9-6-23(25)16-34-17-31(13-12-21-14-24(32)8-10-26(21)31)18-37-29-11-7-22(15-27(29)34)30(36)33-38-20(19)2/h3,5,7-8,10-11,14-15,19-20,23,25,28,35H,4,6,9,12-13,16-18H2,1-2H3,(H,33,36)/b5-3+/t19?,20?,23-,25?,28?,31?/m0/s1. The Balaban J connectivity index is 1.38. The van der Waals surface area contributed by atoms with Crippen molar-refractivity contribution in [1.82, 2.24) is 4.72 Å². The average Bonchev–Trinajstić information content (AvgIpc) is 3.15. The first-order chi connectivity index (χ1) is 18.3. The molecule has 0 saturated heterocycles. The van der Waals surface area contributed by atoms with E-state index in [1.54, 1.807) is 0 Å². The van der Waals surface area contributed by atoms with E-state index >= 15 is 0 Å². The zero-order chi connectivity index (χ0) is 26.4. The quantitative estimate of drug-likeness (QED) is 0.302. The third-order valence-corrected chi connectivity index (χ3v) is 10.8. The number of ether oxygens (including phenoxy) is 1. The number of aliphatic hydroxyl groups is 1. The fourth-order valence-corrected chi connectivity index (χ4v) is 7.60. The van der Waals surface area contributed by atoms with Gasteiger partial charge in [-0.3, -0.25) is 9.52 Å². The van der Waals surface area contributed by atoms with Crippen molar-refractivity contribution in [3.8, 4) is 5.75 Å². The molecule has 7 heteroatoms. The number of nitrogens with zero attached hydrogens (tertiary/aromatic N) is 1. The Bertz CT molecular complexity index is 1250. The lowest BCUT2D eigenvalue weighted by molar-refractivity contribution is 0.0457. The van der Waals surface area contributed by atoms with Crippen LogP contribution in [0.15, 0.2) is 48.6 Å². The molecule has 2 heterocycles. The molecule has 1 spiro atoms. The smallest absolute Gasteiger partial charge is 0.261 e. The van der Waals surface area contributed by atoms with Crippen LogP contribution in [0.4, 0.5) is 5.69 Å². The third-order valence-electron chi connectivity index (χ3n) is 9.42. The van der Waals surface area contributed by atoms with E-state index in [1.807, 2.05) is 30.3 Å². The highest BCUT2D eigenvalue weighted by atomic mass is 35.5. The van der Waals surface area contributed by atoms with Crippen LogP contribution >= 0.6 is 23.5 Å². The molecule has 6 atom stereocenters. The highest BCUT2D eigenvalue weighted by molar-refractivity contribution is 7.98. The first-order valence-corrected chi connectivity index (χ1v) is 15.2. The summed E-state index contributed by atoms with van der Waals surface area (Å²) < 4.78 is 9.61. The normalized spacial score (nSPS) is 33.8. The van der Waals surface area contributed by atoms with Gasteiger partial charge in [0.05, 0.1) is 18.4 Å². The predicted molar refractivity (Wildman–Crippen MR) is 155 cm³/mol. The van der Waals surface area contributed by atoms with E-state index in [1.165, 1.54) is 23.1 Å². The van der Waals surface area contributed by atoms with Crippen molar-refractivity contribution in [3.05, 3.63) is 70.3 Å². The molecule has 202 valence electrons. The molecular weight excluding hydrogens is 516 g/mol. The van der Waals surface area contributed by atoms with Crippen molar-refractivity contribution in [1.29, 1.82) is 0 Å². The largest absolute Gasteiger partial charge is 0.490 e. The summed E-state index contributed by atoms with van der Waals surface area (Å²) in [5.74, 6) is 1.78. The molecule has 5 nitrogen and oxygen atoms in total. The van der Waals surface area contributed by atoms with Gasteiger partial charge in [-0.2, -0.15) is 0 Å². The molecule has 2 aromatic carbocycles. The van der Waals surface area contributed by atoms with Crippen LogP contribution in [0, 0.1) is 17.8 Å². The highest BCUT2D eigenvalue weighted by Gasteiger charge is 2.45. The summed E-state index contributed by atoms with van der Waals surface area (Å²) in [5, 5.41) is 12.1. The number of allylic oxidation sites excluding steroid dienone is 1. The number of aryl methyl sites for hydroxylation is 1. The van der Waals surface area contributed by atoms with Gasteiger partial charge in [-0.1, -0.05) is 43.7 Å². The van der Waals surface area contributed by atoms with Crippen LogP contribution in [0.2, 0.25) is 5.02 Å². The Morgan fingerprint density at radius 2 is 2.05 bits per heavy atom. The molecule has 5 unspecified atom stereocenters. The van der Waals surface area contributed by atoms with E-state index in [0.717, 1.165) is 61.7 Å². The van der Waals surface area contributed by atoms with Gasteiger partial charge in [-0.05, 0) is 103 Å². The fourth-order valence-electron chi connectivity index (χ4n) is 6.65. The summed E-state index contributed by atoms with van der Waals surface area (Å²) in [5.41, 5.74) is 4.13. The summed E-state index contributed by atoms with van der Waals surface area (Å²) in [6.45, 7) is 6.59. The monoisotopic (exact) mass is 552 g/mol. The Hall–Kier alpha value is -2.15. The number of hydrogen-bond acceptors (Lipinski definition) is 5. The number of carbonyl (C=O) groups is 1. The molecule has 1 amide bonds. The summed E-state index contributed by atoms with van der Waals surface area (Å²) in [7, 11) is 0. The van der Waals surface area contributed by atoms with Crippen molar-refractivity contribution in [2.75, 3.05) is 24.6 Å². The van der Waals surface area contributed by atoms with Gasteiger partial charge >= 0.3 is 0 Å². The highest BCUT2D eigenvalue weighted by Crippen LogP contribution is 2.47. The van der Waals surface area contributed by atoms with E-state index in [4.69, 9.17) is 16.3 Å². The van der Waals surface area contributed by atoms with E-state index < -0.39 is 6.10 Å². The van der Waals surface area contributed by atoms with E-state index in [0.29, 0.717) is 24.0 Å². The zero-order valence-electron chi connectivity index (χ0n) is 22.2. The summed E-state index contributed by atoms with van der Waals surface area (Å²) in [6, 6.07) is 12.1. The van der Waals surface area contributed by atoms with Gasteiger partial charge in [0, 0.05) is 34.3 Å². The number of aliphatic hydroxyl groups excluding tert-OH is 1. The van der Waals surface area contributed by atoms with Gasteiger partial charge in [0.25, 0.3) is 5.91 Å². The molecule has 2 aliphatic heterocycles. The number of carbonyl (C=O) groups excluding carboxylic acids is 1. The van der Waals surface area contributed by atoms with Crippen LogP contribution in [0.25, 0.3) is 0 Å². The second-order valence-corrected chi connectivity index (χ2v) is 13.4. The molecule has 2 aliphatic carbocycles. The average molecular weight is 553 g/mol. The van der Waals surface area contributed by atoms with Crippen LogP contribution < -0.4 is 14.4 Å². The van der Waals surface area contributed by atoms with Crippen LogP contribution in [-0.4, -0.2) is 42.1 Å². The third kappa shape index (κ3) is 4.84. The van der Waals surface area contributed by atoms with E-state index in [-0.39, 0.29) is 22.5 Å². The molecule has 0 radical (unpaired) electrons. The van der Waals surface area contributed by atoms with Gasteiger partial charge in [-0.15, -0.1) is 0 Å². The second-order valence-electron chi connectivity index (χ2n) is 11.8. The molecule has 38 heavy (non-hydrogen) atoms. The molecule has 2 bridgehead atoms. The molecule has 2 N–H and O–H groups in total. The first-order valence-electron chi connectivity index (χ1n) is 13.9. The summed E-state index contributed by atoms with van der Waals surface area (Å²) >= 11 is 7.82. The summed E-state index contributed by atoms with van der Waals surface area (Å²) in [6.07, 6.45) is 8.74. The number of anilines is 1. The lowest BCUT2D eigenvalue weighted by Crippen LogP contribution is -2.47. The van der Waals surface area contributed by atoms with Gasteiger partial charge in [0.1, 0.15) is 5.75 Å². The number of halogens is 1. The zero-order valence-corrected chi connectivity index (χ0v) is 23.7. The maximum Gasteiger partial charge on any atom is 0.261 e. The molecule has 1 fully saturated rings. The number of rotatable bonds is 0. The van der Waals surface area contributed by atoms with Crippen molar-refractivity contribution < 1.29 is 14.6 Å². The molecular formula is C31H37ClN2O3S. The lowest BCUT2D eigenvalue weighted by atomic mass is 9.70. The minimum absolute atomic E-state index is 0.0730.